The fourth-order valence-electron chi connectivity index (χ4n) is 0.450. The third-order valence-corrected chi connectivity index (χ3v) is 1.18. The van der Waals surface area contributed by atoms with Crippen LogP contribution in [0, 0.1) is 0 Å². The number of hydrogen-bond acceptors (Lipinski definition) is 0. The first-order chi connectivity index (χ1) is 5.64. The van der Waals surface area contributed by atoms with E-state index in [9.17, 15) is 30.7 Å². The van der Waals surface area contributed by atoms with Gasteiger partial charge in [-0.2, -0.15) is 22.0 Å². The fourth-order valence-corrected chi connectivity index (χ4v) is 0.450. The van der Waals surface area contributed by atoms with Crippen LogP contribution in [0.25, 0.3) is 0 Å². The number of allylic oxidation sites excluding steroid dienone is 2. The lowest BCUT2D eigenvalue weighted by atomic mass is 10.2. The SMILES string of the molecule is CCC(F)=C(F)C(F)(F)C(F)(F)F. The Hall–Kier alpha value is -0.750. The van der Waals surface area contributed by atoms with Crippen LogP contribution in [0.1, 0.15) is 13.3 Å². The maximum atomic E-state index is 12.1. The highest BCUT2D eigenvalue weighted by Crippen LogP contribution is 2.43. The first-order valence-corrected chi connectivity index (χ1v) is 3.13. The third-order valence-electron chi connectivity index (χ3n) is 1.18. The summed E-state index contributed by atoms with van der Waals surface area (Å²) in [6.07, 6.45) is -6.96. The van der Waals surface area contributed by atoms with Crippen LogP contribution in [-0.4, -0.2) is 12.1 Å². The second-order valence-corrected chi connectivity index (χ2v) is 2.14. The summed E-state index contributed by atoms with van der Waals surface area (Å²) in [4.78, 5) is 0. The quantitative estimate of drug-likeness (QED) is 0.609. The predicted octanol–water partition coefficient (Wildman–Crippen LogP) is 3.74. The molecular formula is C6H5F7. The van der Waals surface area contributed by atoms with E-state index >= 15 is 0 Å². The number of hydrogen-bond donors (Lipinski definition) is 0. The summed E-state index contributed by atoms with van der Waals surface area (Å²) in [5, 5.41) is 0. The van der Waals surface area contributed by atoms with E-state index in [-0.39, 0.29) is 0 Å². The van der Waals surface area contributed by atoms with Crippen LogP contribution >= 0.6 is 0 Å². The van der Waals surface area contributed by atoms with Gasteiger partial charge in [-0.05, 0) is 6.42 Å². The molecule has 0 unspecified atom stereocenters. The Morgan fingerprint density at radius 1 is 1.00 bits per heavy atom. The van der Waals surface area contributed by atoms with Gasteiger partial charge in [-0.1, -0.05) is 6.92 Å². The molecule has 78 valence electrons. The van der Waals surface area contributed by atoms with Crippen molar-refractivity contribution in [2.24, 2.45) is 0 Å². The molecule has 0 aliphatic carbocycles. The number of halogens is 7. The predicted molar refractivity (Wildman–Crippen MR) is 30.5 cm³/mol. The Bertz CT molecular complexity index is 212. The summed E-state index contributed by atoms with van der Waals surface area (Å²) in [6.45, 7) is 0.918. The molecule has 0 N–H and O–H groups in total. The Morgan fingerprint density at radius 3 is 1.62 bits per heavy atom. The molecule has 0 rings (SSSR count). The van der Waals surface area contributed by atoms with E-state index in [1.807, 2.05) is 0 Å². The van der Waals surface area contributed by atoms with Crippen molar-refractivity contribution in [1.82, 2.24) is 0 Å². The highest BCUT2D eigenvalue weighted by molar-refractivity contribution is 5.11. The highest BCUT2D eigenvalue weighted by atomic mass is 19.4. The van der Waals surface area contributed by atoms with Crippen molar-refractivity contribution < 1.29 is 30.7 Å². The summed E-state index contributed by atoms with van der Waals surface area (Å²) in [5.41, 5.74) is 0. The molecule has 0 saturated heterocycles. The average molecular weight is 210 g/mol. The molecule has 0 aromatic heterocycles. The van der Waals surface area contributed by atoms with Gasteiger partial charge >= 0.3 is 12.1 Å². The van der Waals surface area contributed by atoms with Gasteiger partial charge in [0.1, 0.15) is 5.83 Å². The standard InChI is InChI=1S/C6H5F7/c1-2-3(7)4(8)5(9,10)6(11,12)13/h2H2,1H3. The molecule has 7 heteroatoms. The molecule has 0 aromatic carbocycles. The molecule has 0 aliphatic rings. The van der Waals surface area contributed by atoms with Gasteiger partial charge in [0.25, 0.3) is 0 Å². The topological polar surface area (TPSA) is 0 Å². The van der Waals surface area contributed by atoms with E-state index in [0.29, 0.717) is 0 Å². The summed E-state index contributed by atoms with van der Waals surface area (Å²) < 4.78 is 82.3. The Kier molecular flexibility index (Phi) is 3.34. The van der Waals surface area contributed by atoms with Crippen molar-refractivity contribution in [3.8, 4) is 0 Å². The maximum Gasteiger partial charge on any atom is 0.460 e. The normalized spacial score (nSPS) is 15.7. The molecule has 13 heavy (non-hydrogen) atoms. The lowest BCUT2D eigenvalue weighted by molar-refractivity contribution is -0.271. The van der Waals surface area contributed by atoms with E-state index in [1.54, 1.807) is 0 Å². The van der Waals surface area contributed by atoms with Gasteiger partial charge in [0.2, 0.25) is 5.83 Å². The van der Waals surface area contributed by atoms with Crippen LogP contribution in [0.2, 0.25) is 0 Å². The number of rotatable bonds is 2. The van der Waals surface area contributed by atoms with Crippen molar-refractivity contribution in [2.45, 2.75) is 25.4 Å². The molecule has 0 saturated carbocycles. The molecule has 0 bridgehead atoms. The average Bonchev–Trinajstić information content (AvgIpc) is 1.99. The summed E-state index contributed by atoms with van der Waals surface area (Å²) >= 11 is 0. The first kappa shape index (κ1) is 12.2. The Balaban J connectivity index is 5.07. The van der Waals surface area contributed by atoms with Gasteiger partial charge in [-0.3, -0.25) is 0 Å². The van der Waals surface area contributed by atoms with E-state index < -0.39 is 30.2 Å². The second-order valence-electron chi connectivity index (χ2n) is 2.14. The highest BCUT2D eigenvalue weighted by Gasteiger charge is 2.62. The maximum absolute atomic E-state index is 12.1. The third kappa shape index (κ3) is 2.35. The van der Waals surface area contributed by atoms with Crippen molar-refractivity contribution in [1.29, 1.82) is 0 Å². The molecule has 0 aromatic rings. The summed E-state index contributed by atoms with van der Waals surface area (Å²) in [7, 11) is 0. The zero-order valence-electron chi connectivity index (χ0n) is 6.35. The van der Waals surface area contributed by atoms with E-state index in [0.717, 1.165) is 6.92 Å². The summed E-state index contributed by atoms with van der Waals surface area (Å²) in [6, 6.07) is 0. The Labute approximate surface area is 69.0 Å². The molecule has 0 atom stereocenters. The summed E-state index contributed by atoms with van der Waals surface area (Å²) in [5.74, 6) is -10.9. The zero-order valence-corrected chi connectivity index (χ0v) is 6.35. The van der Waals surface area contributed by atoms with E-state index in [1.165, 1.54) is 0 Å². The van der Waals surface area contributed by atoms with Crippen LogP contribution in [0.15, 0.2) is 11.7 Å². The van der Waals surface area contributed by atoms with Crippen molar-refractivity contribution in [3.05, 3.63) is 11.7 Å². The van der Waals surface area contributed by atoms with Crippen LogP contribution < -0.4 is 0 Å². The van der Waals surface area contributed by atoms with Crippen molar-refractivity contribution in [2.75, 3.05) is 0 Å². The van der Waals surface area contributed by atoms with Crippen LogP contribution in [-0.2, 0) is 0 Å². The molecule has 0 nitrogen and oxygen atoms in total. The van der Waals surface area contributed by atoms with Crippen LogP contribution in [0.5, 0.6) is 0 Å². The van der Waals surface area contributed by atoms with Gasteiger partial charge in [0.05, 0.1) is 0 Å². The van der Waals surface area contributed by atoms with E-state index in [4.69, 9.17) is 0 Å². The van der Waals surface area contributed by atoms with Crippen LogP contribution in [0.3, 0.4) is 0 Å². The minimum Gasteiger partial charge on any atom is -0.209 e. The fraction of sp³-hybridized carbons (Fsp3) is 0.667. The largest absolute Gasteiger partial charge is 0.460 e. The van der Waals surface area contributed by atoms with Gasteiger partial charge < -0.3 is 0 Å². The van der Waals surface area contributed by atoms with E-state index in [2.05, 4.69) is 0 Å². The van der Waals surface area contributed by atoms with Gasteiger partial charge in [-0.15, -0.1) is 0 Å². The van der Waals surface area contributed by atoms with Crippen molar-refractivity contribution >= 4 is 0 Å². The lowest BCUT2D eigenvalue weighted by Gasteiger charge is -2.17. The first-order valence-electron chi connectivity index (χ1n) is 3.13. The molecule has 0 heterocycles. The molecular weight excluding hydrogens is 205 g/mol. The molecule has 0 aliphatic heterocycles. The molecule has 0 amide bonds. The minimum absolute atomic E-state index is 0.850. The zero-order chi connectivity index (χ0) is 10.9. The molecule has 0 fully saturated rings. The van der Waals surface area contributed by atoms with Gasteiger partial charge in [0.15, 0.2) is 0 Å². The van der Waals surface area contributed by atoms with Gasteiger partial charge in [-0.25, -0.2) is 8.78 Å². The Morgan fingerprint density at radius 2 is 1.38 bits per heavy atom. The number of alkyl halides is 5. The molecule has 0 radical (unpaired) electrons. The second kappa shape index (κ2) is 3.55. The smallest absolute Gasteiger partial charge is 0.209 e. The monoisotopic (exact) mass is 210 g/mol. The van der Waals surface area contributed by atoms with Crippen LogP contribution in [0.4, 0.5) is 30.7 Å². The van der Waals surface area contributed by atoms with Crippen molar-refractivity contribution in [3.63, 3.8) is 0 Å². The minimum atomic E-state index is -6.11. The van der Waals surface area contributed by atoms with Gasteiger partial charge in [0, 0.05) is 0 Å². The molecule has 0 spiro atoms. The lowest BCUT2D eigenvalue weighted by Crippen LogP contribution is -2.37.